The predicted octanol–water partition coefficient (Wildman–Crippen LogP) is 7.29. The summed E-state index contributed by atoms with van der Waals surface area (Å²) in [6.07, 6.45) is 8.35. The molecule has 1 aliphatic carbocycles. The first-order chi connectivity index (χ1) is 15.6. The summed E-state index contributed by atoms with van der Waals surface area (Å²) < 4.78 is 33.2. The fraction of sp³-hybridized carbons (Fsp3) is 0.379. The maximum atomic E-state index is 14.6. The number of methoxy groups -OCH3 is 1. The number of aryl methyl sites for hydroxylation is 1. The fourth-order valence-corrected chi connectivity index (χ4v) is 4.71. The Morgan fingerprint density at radius 1 is 0.812 bits per heavy atom. The highest BCUT2D eigenvalue weighted by molar-refractivity contribution is 5.83. The molecule has 0 spiro atoms. The van der Waals surface area contributed by atoms with Gasteiger partial charge in [0, 0.05) is 19.3 Å². The van der Waals surface area contributed by atoms with E-state index in [2.05, 4.69) is 11.8 Å². The van der Waals surface area contributed by atoms with Gasteiger partial charge in [-0.15, -0.1) is 0 Å². The number of benzene rings is 3. The Hall–Kier alpha value is -2.70. The summed E-state index contributed by atoms with van der Waals surface area (Å²) in [5.74, 6) is 7.03. The van der Waals surface area contributed by atoms with E-state index in [1.165, 1.54) is 44.2 Å². The third-order valence-electron chi connectivity index (χ3n) is 6.72. The molecule has 1 nitrogen and oxygen atoms in total. The molecule has 1 fully saturated rings. The van der Waals surface area contributed by atoms with Crippen molar-refractivity contribution in [3.63, 3.8) is 0 Å². The Bertz CT molecular complexity index is 1120. The molecule has 32 heavy (non-hydrogen) atoms. The molecular weight excluding hydrogens is 402 g/mol. The van der Waals surface area contributed by atoms with Gasteiger partial charge in [0.25, 0.3) is 0 Å². The van der Waals surface area contributed by atoms with E-state index in [0.717, 1.165) is 53.2 Å². The summed E-state index contributed by atoms with van der Waals surface area (Å²) >= 11 is 0. The van der Waals surface area contributed by atoms with Crippen LogP contribution in [0.1, 0.15) is 55.2 Å². The lowest BCUT2D eigenvalue weighted by atomic mass is 9.78. The van der Waals surface area contributed by atoms with E-state index in [4.69, 9.17) is 4.74 Å². The van der Waals surface area contributed by atoms with Crippen molar-refractivity contribution in [1.29, 1.82) is 0 Å². The lowest BCUT2D eigenvalue weighted by Gasteiger charge is -2.28. The maximum Gasteiger partial charge on any atom is 0.139 e. The van der Waals surface area contributed by atoms with E-state index in [9.17, 15) is 8.78 Å². The summed E-state index contributed by atoms with van der Waals surface area (Å²) in [5.41, 5.74) is 2.24. The van der Waals surface area contributed by atoms with Gasteiger partial charge in [-0.3, -0.25) is 0 Å². The van der Waals surface area contributed by atoms with E-state index in [1.807, 2.05) is 24.3 Å². The summed E-state index contributed by atoms with van der Waals surface area (Å²) in [6, 6.07) is 15.7. The zero-order valence-electron chi connectivity index (χ0n) is 18.7. The smallest absolute Gasteiger partial charge is 0.139 e. The second kappa shape index (κ2) is 10.7. The average molecular weight is 433 g/mol. The lowest BCUT2D eigenvalue weighted by molar-refractivity contribution is 0.155. The molecule has 0 radical (unpaired) electrons. The SMILES string of the molecule is COCCC1CCC(CCc2ccc(C#Cc3ccc4cc(F)ccc4c3)c(F)c2)CC1. The number of ether oxygens (including phenoxy) is 1. The van der Waals surface area contributed by atoms with Gasteiger partial charge in [0.2, 0.25) is 0 Å². The van der Waals surface area contributed by atoms with Crippen molar-refractivity contribution < 1.29 is 13.5 Å². The predicted molar refractivity (Wildman–Crippen MR) is 127 cm³/mol. The molecule has 3 heteroatoms. The van der Waals surface area contributed by atoms with Crippen molar-refractivity contribution in [1.82, 2.24) is 0 Å². The van der Waals surface area contributed by atoms with Crippen LogP contribution >= 0.6 is 0 Å². The molecule has 3 aromatic rings. The van der Waals surface area contributed by atoms with Crippen molar-refractivity contribution >= 4 is 10.8 Å². The highest BCUT2D eigenvalue weighted by atomic mass is 19.1. The van der Waals surface area contributed by atoms with E-state index in [-0.39, 0.29) is 11.6 Å². The first-order valence-corrected chi connectivity index (χ1v) is 11.6. The van der Waals surface area contributed by atoms with Gasteiger partial charge in [-0.25, -0.2) is 8.78 Å². The second-order valence-electron chi connectivity index (χ2n) is 8.98. The summed E-state index contributed by atoms with van der Waals surface area (Å²) in [6.45, 7) is 0.866. The van der Waals surface area contributed by atoms with Gasteiger partial charge in [0.05, 0.1) is 5.56 Å². The number of hydrogen-bond acceptors (Lipinski definition) is 1. The molecule has 0 aromatic heterocycles. The van der Waals surface area contributed by atoms with Crippen molar-refractivity contribution in [3.05, 3.63) is 82.9 Å². The van der Waals surface area contributed by atoms with Crippen LogP contribution in [0, 0.1) is 35.3 Å². The molecule has 1 saturated carbocycles. The quantitative estimate of drug-likeness (QED) is 0.372. The normalized spacial score (nSPS) is 18.3. The zero-order chi connectivity index (χ0) is 22.3. The monoisotopic (exact) mass is 432 g/mol. The third-order valence-corrected chi connectivity index (χ3v) is 6.72. The Kier molecular flexibility index (Phi) is 7.55. The van der Waals surface area contributed by atoms with Crippen LogP contribution in [0.25, 0.3) is 10.8 Å². The van der Waals surface area contributed by atoms with Gasteiger partial charge >= 0.3 is 0 Å². The van der Waals surface area contributed by atoms with Crippen LogP contribution in [-0.2, 0) is 11.2 Å². The topological polar surface area (TPSA) is 9.23 Å². The number of fused-ring (bicyclic) bond motifs is 1. The highest BCUT2D eigenvalue weighted by Crippen LogP contribution is 2.33. The Morgan fingerprint density at radius 3 is 2.28 bits per heavy atom. The van der Waals surface area contributed by atoms with Crippen LogP contribution in [0.5, 0.6) is 0 Å². The van der Waals surface area contributed by atoms with Crippen molar-refractivity contribution in [3.8, 4) is 11.8 Å². The van der Waals surface area contributed by atoms with E-state index in [0.29, 0.717) is 5.56 Å². The summed E-state index contributed by atoms with van der Waals surface area (Å²) in [4.78, 5) is 0. The summed E-state index contributed by atoms with van der Waals surface area (Å²) in [7, 11) is 1.77. The molecule has 1 aliphatic rings. The average Bonchev–Trinajstić information content (AvgIpc) is 2.81. The molecular formula is C29H30F2O. The molecule has 0 bridgehead atoms. The minimum absolute atomic E-state index is 0.256. The van der Waals surface area contributed by atoms with Gasteiger partial charge in [-0.1, -0.05) is 55.7 Å². The Labute approximate surface area is 189 Å². The van der Waals surface area contributed by atoms with Crippen molar-refractivity contribution in [2.75, 3.05) is 13.7 Å². The zero-order valence-corrected chi connectivity index (χ0v) is 18.7. The maximum absolute atomic E-state index is 14.6. The van der Waals surface area contributed by atoms with Crippen molar-refractivity contribution in [2.24, 2.45) is 11.8 Å². The molecule has 0 saturated heterocycles. The molecule has 4 rings (SSSR count). The number of halogens is 2. The summed E-state index contributed by atoms with van der Waals surface area (Å²) in [5, 5.41) is 1.75. The molecule has 3 aromatic carbocycles. The van der Waals surface area contributed by atoms with Crippen LogP contribution in [0.4, 0.5) is 8.78 Å². The molecule has 0 aliphatic heterocycles. The van der Waals surface area contributed by atoms with E-state index in [1.54, 1.807) is 25.3 Å². The van der Waals surface area contributed by atoms with Gasteiger partial charge in [-0.2, -0.15) is 0 Å². The highest BCUT2D eigenvalue weighted by Gasteiger charge is 2.20. The van der Waals surface area contributed by atoms with Crippen LogP contribution in [0.3, 0.4) is 0 Å². The number of hydrogen-bond donors (Lipinski definition) is 0. The van der Waals surface area contributed by atoms with Crippen LogP contribution < -0.4 is 0 Å². The molecule has 166 valence electrons. The first-order valence-electron chi connectivity index (χ1n) is 11.6. The van der Waals surface area contributed by atoms with Crippen molar-refractivity contribution in [2.45, 2.75) is 44.9 Å². The van der Waals surface area contributed by atoms with Gasteiger partial charge in [0.15, 0.2) is 0 Å². The van der Waals surface area contributed by atoms with E-state index < -0.39 is 0 Å². The molecule has 0 N–H and O–H groups in total. The minimum atomic E-state index is -0.263. The Morgan fingerprint density at radius 2 is 1.53 bits per heavy atom. The lowest BCUT2D eigenvalue weighted by Crippen LogP contribution is -2.16. The third kappa shape index (κ3) is 5.96. The number of rotatable bonds is 6. The van der Waals surface area contributed by atoms with Crippen LogP contribution in [-0.4, -0.2) is 13.7 Å². The van der Waals surface area contributed by atoms with E-state index >= 15 is 0 Å². The molecule has 0 heterocycles. The Balaban J connectivity index is 1.34. The van der Waals surface area contributed by atoms with Crippen LogP contribution in [0.15, 0.2) is 54.6 Å². The van der Waals surface area contributed by atoms with Crippen LogP contribution in [0.2, 0.25) is 0 Å². The second-order valence-corrected chi connectivity index (χ2v) is 8.98. The van der Waals surface area contributed by atoms with Gasteiger partial charge < -0.3 is 4.74 Å². The largest absolute Gasteiger partial charge is 0.385 e. The van der Waals surface area contributed by atoms with Gasteiger partial charge in [-0.05, 0) is 83.8 Å². The molecule has 0 atom stereocenters. The fourth-order valence-electron chi connectivity index (χ4n) is 4.71. The minimum Gasteiger partial charge on any atom is -0.385 e. The molecule has 0 amide bonds. The molecule has 0 unspecified atom stereocenters. The van der Waals surface area contributed by atoms with Gasteiger partial charge in [0.1, 0.15) is 11.6 Å². The first kappa shape index (κ1) is 22.5. The standard InChI is InChI=1S/C29H30F2O/c1-32-17-16-22-4-2-21(3-5-22)6-7-24-9-12-25(29(31)19-24)11-8-23-10-13-27-20-28(30)15-14-26(27)18-23/h9-10,12-15,18-22H,2-7,16-17H2,1H3.